The summed E-state index contributed by atoms with van der Waals surface area (Å²) in [4.78, 5) is 0. The molecule has 0 aliphatic heterocycles. The van der Waals surface area contributed by atoms with Crippen LogP contribution in [0.25, 0.3) is 0 Å². The maximum Gasteiger partial charge on any atom is 1.00 e. The van der Waals surface area contributed by atoms with E-state index in [9.17, 15) is 79.0 Å². The quantitative estimate of drug-likeness (QED) is 0.226. The van der Waals surface area contributed by atoms with Gasteiger partial charge in [-0.1, -0.05) is 36.4 Å². The van der Waals surface area contributed by atoms with Crippen molar-refractivity contribution in [3.8, 4) is 0 Å². The summed E-state index contributed by atoms with van der Waals surface area (Å²) in [6.07, 6.45) is -41.0. The summed E-state index contributed by atoms with van der Waals surface area (Å²) in [7, 11) is 0. The molecular formula is C27H16BF18LiO. The normalized spacial score (nSPS) is 13.9. The molecule has 0 fully saturated rings. The topological polar surface area (TPSA) is 9.23 Å². The molecule has 0 amide bonds. The first-order valence-corrected chi connectivity index (χ1v) is 12.6. The van der Waals surface area contributed by atoms with Crippen LogP contribution in [0.5, 0.6) is 0 Å². The minimum Gasteiger partial charge on any atom is -0.577 e. The van der Waals surface area contributed by atoms with Crippen LogP contribution in [0.2, 0.25) is 0 Å². The van der Waals surface area contributed by atoms with Crippen molar-refractivity contribution in [2.45, 2.75) is 57.0 Å². The predicted molar refractivity (Wildman–Crippen MR) is 130 cm³/mol. The third kappa shape index (κ3) is 8.97. The summed E-state index contributed by atoms with van der Waals surface area (Å²) in [5, 5.41) is 0. The Bertz CT molecular complexity index is 1330. The van der Waals surface area contributed by atoms with E-state index in [1.165, 1.54) is 0 Å². The zero-order valence-electron chi connectivity index (χ0n) is 24.1. The maximum absolute atomic E-state index is 13.9. The van der Waals surface area contributed by atoms with Gasteiger partial charge in [0.05, 0.1) is 33.4 Å². The molecule has 0 aliphatic rings. The van der Waals surface area contributed by atoms with Crippen molar-refractivity contribution in [3.05, 3.63) is 88.0 Å². The summed E-state index contributed by atoms with van der Waals surface area (Å²) in [6, 6.07) is -3.17. The third-order valence-electron chi connectivity index (χ3n) is 6.71. The Kier molecular flexibility index (Phi) is 11.2. The zero-order valence-corrected chi connectivity index (χ0v) is 24.1. The van der Waals surface area contributed by atoms with Crippen molar-refractivity contribution < 1.29 is 103 Å². The van der Waals surface area contributed by atoms with Crippen molar-refractivity contribution in [2.24, 2.45) is 0 Å². The molecule has 0 aromatic heterocycles. The van der Waals surface area contributed by atoms with Gasteiger partial charge in [0.2, 0.25) is 0 Å². The van der Waals surface area contributed by atoms with Gasteiger partial charge in [0.1, 0.15) is 0 Å². The second-order valence-corrected chi connectivity index (χ2v) is 10.5. The standard InChI is InChI=1S/C27H16BF18O.Li/c1-12(2)47-28(19-6-13(22(29,30)31)3-14(7-19)23(32,33)34,20-8-15(24(35,36)37)4-16(9-20)25(38,39)40)21-10-17(26(41,42)43)5-18(11-21)27(44,45)46;/h3-12H,1-2H3;/q-1;+1. The van der Waals surface area contributed by atoms with Gasteiger partial charge in [-0.05, 0) is 32.0 Å². The van der Waals surface area contributed by atoms with E-state index >= 15 is 0 Å². The molecule has 0 bridgehead atoms. The molecule has 0 saturated carbocycles. The molecule has 0 atom stereocenters. The van der Waals surface area contributed by atoms with E-state index in [4.69, 9.17) is 4.65 Å². The summed E-state index contributed by atoms with van der Waals surface area (Å²) >= 11 is 0. The molecule has 0 radical (unpaired) electrons. The first-order chi connectivity index (χ1) is 20.9. The van der Waals surface area contributed by atoms with Gasteiger partial charge < -0.3 is 4.65 Å². The van der Waals surface area contributed by atoms with Crippen molar-refractivity contribution >= 4 is 22.7 Å². The van der Waals surface area contributed by atoms with Crippen molar-refractivity contribution in [2.75, 3.05) is 0 Å². The number of alkyl halides is 18. The van der Waals surface area contributed by atoms with E-state index in [0.29, 0.717) is 0 Å². The molecule has 21 heteroatoms. The number of rotatable bonds is 5. The smallest absolute Gasteiger partial charge is 0.577 e. The van der Waals surface area contributed by atoms with Gasteiger partial charge >= 0.3 is 55.9 Å². The number of benzene rings is 3. The van der Waals surface area contributed by atoms with Crippen molar-refractivity contribution in [1.29, 1.82) is 0 Å². The molecule has 0 N–H and O–H groups in total. The molecule has 0 aliphatic carbocycles. The second kappa shape index (κ2) is 13.0. The minimum atomic E-state index is -5.74. The average Bonchev–Trinajstić information content (AvgIpc) is 2.88. The zero-order chi connectivity index (χ0) is 36.3. The minimum absolute atomic E-state index is 0. The Balaban J connectivity index is 0.00000800. The first kappa shape index (κ1) is 41.2. The molecular weight excluding hydrogens is 700 g/mol. The molecule has 0 spiro atoms. The molecule has 0 unspecified atom stereocenters. The van der Waals surface area contributed by atoms with Gasteiger partial charge in [0.25, 0.3) is 0 Å². The Hall–Kier alpha value is -2.98. The van der Waals surface area contributed by atoms with Crippen LogP contribution in [0, 0.1) is 0 Å². The Morgan fingerprint density at radius 1 is 0.375 bits per heavy atom. The average molecular weight is 716 g/mol. The van der Waals surface area contributed by atoms with E-state index in [1.807, 2.05) is 0 Å². The van der Waals surface area contributed by atoms with Gasteiger partial charge in [-0.15, -0.1) is 0 Å². The molecule has 3 aromatic rings. The van der Waals surface area contributed by atoms with E-state index in [1.54, 1.807) is 0 Å². The Morgan fingerprint density at radius 2 is 0.542 bits per heavy atom. The second-order valence-electron chi connectivity index (χ2n) is 10.5. The van der Waals surface area contributed by atoms with Gasteiger partial charge in [0.15, 0.2) is 6.35 Å². The number of hydrogen-bond donors (Lipinski definition) is 0. The fraction of sp³-hybridized carbons (Fsp3) is 0.333. The molecule has 48 heavy (non-hydrogen) atoms. The van der Waals surface area contributed by atoms with Gasteiger partial charge in [-0.3, -0.25) is 0 Å². The van der Waals surface area contributed by atoms with Crippen LogP contribution in [0.4, 0.5) is 79.0 Å². The largest absolute Gasteiger partial charge is 1.00 e. The van der Waals surface area contributed by atoms with Crippen LogP contribution in [-0.4, -0.2) is 12.5 Å². The fourth-order valence-corrected chi connectivity index (χ4v) is 4.86. The van der Waals surface area contributed by atoms with E-state index < -0.39 is 117 Å². The fourth-order valence-electron chi connectivity index (χ4n) is 4.86. The van der Waals surface area contributed by atoms with Gasteiger partial charge in [0, 0.05) is 6.10 Å². The van der Waals surface area contributed by atoms with Crippen LogP contribution in [0.1, 0.15) is 47.2 Å². The first-order valence-electron chi connectivity index (χ1n) is 12.6. The summed E-state index contributed by atoms with van der Waals surface area (Å²) in [5.41, 5.74) is -18.5. The van der Waals surface area contributed by atoms with E-state index in [-0.39, 0.29) is 55.3 Å². The monoisotopic (exact) mass is 716 g/mol. The van der Waals surface area contributed by atoms with Crippen LogP contribution in [-0.2, 0) is 41.7 Å². The molecule has 1 nitrogen and oxygen atoms in total. The summed E-state index contributed by atoms with van der Waals surface area (Å²) in [5.74, 6) is 0. The molecule has 260 valence electrons. The summed E-state index contributed by atoms with van der Waals surface area (Å²) < 4.78 is 255. The maximum atomic E-state index is 13.9. The molecule has 3 aromatic carbocycles. The van der Waals surface area contributed by atoms with E-state index in [2.05, 4.69) is 0 Å². The Morgan fingerprint density at radius 3 is 0.667 bits per heavy atom. The van der Waals surface area contributed by atoms with Crippen LogP contribution in [0.3, 0.4) is 0 Å². The van der Waals surface area contributed by atoms with Crippen LogP contribution < -0.4 is 35.2 Å². The predicted octanol–water partition coefficient (Wildman–Crippen LogP) is 6.20. The van der Waals surface area contributed by atoms with Crippen LogP contribution >= 0.6 is 0 Å². The molecule has 0 heterocycles. The van der Waals surface area contributed by atoms with Crippen molar-refractivity contribution in [3.63, 3.8) is 0 Å². The van der Waals surface area contributed by atoms with Gasteiger partial charge in [-0.25, -0.2) is 0 Å². The number of hydrogen-bond acceptors (Lipinski definition) is 1. The Labute approximate surface area is 270 Å². The van der Waals surface area contributed by atoms with Crippen LogP contribution in [0.15, 0.2) is 54.6 Å². The van der Waals surface area contributed by atoms with E-state index in [0.717, 1.165) is 13.8 Å². The molecule has 3 rings (SSSR count). The van der Waals surface area contributed by atoms with Crippen molar-refractivity contribution in [1.82, 2.24) is 0 Å². The summed E-state index contributed by atoms with van der Waals surface area (Å²) in [6.45, 7) is 1.76. The van der Waals surface area contributed by atoms with Gasteiger partial charge in [-0.2, -0.15) is 95.4 Å². The third-order valence-corrected chi connectivity index (χ3v) is 6.71. The molecule has 0 saturated heterocycles. The SMILES string of the molecule is CC(C)O[B-](c1cc(C(F)(F)F)cc(C(F)(F)F)c1)(c1cc(C(F)(F)F)cc(C(F)(F)F)c1)c1cc(C(F)(F)F)cc(C(F)(F)F)c1.[Li+]. The number of halogens is 18.